The summed E-state index contributed by atoms with van der Waals surface area (Å²) in [4.78, 5) is 24.1. The molecule has 1 aromatic carbocycles. The number of ether oxygens (including phenoxy) is 1. The Morgan fingerprint density at radius 1 is 0.750 bits per heavy atom. The first kappa shape index (κ1) is 41.0. The molecule has 0 aromatic heterocycles. The van der Waals surface area contributed by atoms with Crippen molar-refractivity contribution in [3.8, 4) is 0 Å². The molecule has 276 valence electrons. The molecule has 8 nitrogen and oxygen atoms in total. The van der Waals surface area contributed by atoms with Crippen LogP contribution in [0.3, 0.4) is 0 Å². The van der Waals surface area contributed by atoms with E-state index in [0.717, 1.165) is 0 Å². The van der Waals surface area contributed by atoms with Gasteiger partial charge >= 0.3 is 53.1 Å². The fourth-order valence-electron chi connectivity index (χ4n) is 3.69. The Bertz CT molecular complexity index is 1440. The quantitative estimate of drug-likeness (QED) is 0.273. The van der Waals surface area contributed by atoms with Gasteiger partial charge in [0.05, 0.1) is 12.6 Å². The number of nitrogens with one attached hydrogen (secondary N) is 2. The van der Waals surface area contributed by atoms with Crippen LogP contribution in [0.4, 0.5) is 79.4 Å². The van der Waals surface area contributed by atoms with Crippen LogP contribution in [0.15, 0.2) is 30.3 Å². The molecule has 1 aliphatic rings. The highest BCUT2D eigenvalue weighted by atomic mass is 32.2. The molecule has 1 aliphatic heterocycles. The van der Waals surface area contributed by atoms with Gasteiger partial charge < -0.3 is 15.4 Å². The van der Waals surface area contributed by atoms with Crippen molar-refractivity contribution in [1.29, 1.82) is 0 Å². The van der Waals surface area contributed by atoms with Crippen LogP contribution in [0, 0.1) is 0 Å². The number of amides is 1. The lowest BCUT2D eigenvalue weighted by atomic mass is 9.91. The van der Waals surface area contributed by atoms with E-state index in [1.54, 1.807) is 18.2 Å². The molecule has 1 amide bonds. The summed E-state index contributed by atoms with van der Waals surface area (Å²) in [7, 11) is -7.56. The number of nitrogens with zero attached hydrogens (tertiary/aromatic N) is 1. The van der Waals surface area contributed by atoms with Crippen molar-refractivity contribution < 1.29 is 97.4 Å². The summed E-state index contributed by atoms with van der Waals surface area (Å²) < 4.78 is 259. The molecular formula is C22H18F17N3O5S. The Morgan fingerprint density at radius 2 is 1.21 bits per heavy atom. The maximum atomic E-state index is 14.6. The topological polar surface area (TPSA) is 105 Å². The van der Waals surface area contributed by atoms with Crippen molar-refractivity contribution in [2.24, 2.45) is 0 Å². The highest BCUT2D eigenvalue weighted by Crippen LogP contribution is 2.64. The molecule has 1 fully saturated rings. The van der Waals surface area contributed by atoms with E-state index in [4.69, 9.17) is 4.74 Å². The van der Waals surface area contributed by atoms with E-state index in [1.807, 2.05) is 5.32 Å². The van der Waals surface area contributed by atoms with Gasteiger partial charge in [-0.3, -0.25) is 4.79 Å². The van der Waals surface area contributed by atoms with E-state index in [2.05, 4.69) is 5.32 Å². The minimum absolute atomic E-state index is 0.351. The van der Waals surface area contributed by atoms with Gasteiger partial charge in [-0.25, -0.2) is 13.2 Å². The van der Waals surface area contributed by atoms with Gasteiger partial charge in [0.25, 0.3) is 10.0 Å². The third kappa shape index (κ3) is 6.57. The summed E-state index contributed by atoms with van der Waals surface area (Å²) >= 11 is 0. The van der Waals surface area contributed by atoms with Crippen LogP contribution >= 0.6 is 0 Å². The zero-order valence-corrected chi connectivity index (χ0v) is 23.6. The van der Waals surface area contributed by atoms with Crippen molar-refractivity contribution in [2.75, 3.05) is 26.2 Å². The monoisotopic (exact) mass is 759 g/mol. The fourth-order valence-corrected chi connectivity index (χ4v) is 5.14. The number of alkyl halides is 17. The summed E-state index contributed by atoms with van der Waals surface area (Å²) in [6, 6.07) is 5.64. The Morgan fingerprint density at radius 3 is 1.69 bits per heavy atom. The van der Waals surface area contributed by atoms with Gasteiger partial charge in [0.2, 0.25) is 0 Å². The molecule has 1 aromatic rings. The molecule has 1 atom stereocenters. The molecule has 26 heteroatoms. The average Bonchev–Trinajstić information content (AvgIpc) is 2.98. The van der Waals surface area contributed by atoms with Crippen LogP contribution in [0.5, 0.6) is 0 Å². The van der Waals surface area contributed by atoms with Crippen molar-refractivity contribution in [3.05, 3.63) is 35.9 Å². The number of alkyl carbamates (subject to hydrolysis) is 1. The number of ketones is 1. The normalized spacial score (nSPS) is 18.4. The van der Waals surface area contributed by atoms with Crippen molar-refractivity contribution >= 4 is 21.9 Å². The minimum Gasteiger partial charge on any atom is -0.445 e. The molecule has 1 saturated heterocycles. The highest BCUT2D eigenvalue weighted by molar-refractivity contribution is 7.90. The molecular weight excluding hydrogens is 741 g/mol. The third-order valence-electron chi connectivity index (χ3n) is 6.50. The van der Waals surface area contributed by atoms with Crippen molar-refractivity contribution in [3.63, 3.8) is 0 Å². The van der Waals surface area contributed by atoms with Gasteiger partial charge in [0.1, 0.15) is 6.61 Å². The standard InChI is InChI=1S/C22H18F17N3O5S/c23-15(24,17(27,28)19(31,32)21(35,36)37)16(25,26)18(29,30)20(33,34)22(38,39)48(45,46)42-7-6-40-12(9-42)13(43)8-41-14(44)47-10-11-4-2-1-3-5-11/h1-5,12,40H,6-10H2,(H,41,44). The first-order chi connectivity index (χ1) is 21.4. The third-order valence-corrected chi connectivity index (χ3v) is 8.42. The maximum Gasteiger partial charge on any atom is 0.460 e. The number of benzene rings is 1. The second kappa shape index (κ2) is 12.9. The first-order valence-corrected chi connectivity index (χ1v) is 13.7. The smallest absolute Gasteiger partial charge is 0.445 e. The Hall–Kier alpha value is -3.16. The van der Waals surface area contributed by atoms with Crippen LogP contribution < -0.4 is 10.6 Å². The molecule has 0 aliphatic carbocycles. The summed E-state index contributed by atoms with van der Waals surface area (Å²) in [5.41, 5.74) is 0.450. The van der Waals surface area contributed by atoms with E-state index in [0.29, 0.717) is 5.56 Å². The van der Waals surface area contributed by atoms with Crippen LogP contribution in [0.1, 0.15) is 5.56 Å². The summed E-state index contributed by atoms with van der Waals surface area (Å²) in [5, 5.41) is -3.81. The van der Waals surface area contributed by atoms with E-state index >= 15 is 0 Å². The molecule has 2 N–H and O–H groups in total. The number of carbonyl (C=O) groups is 2. The van der Waals surface area contributed by atoms with Crippen LogP contribution in [-0.4, -0.2) is 104 Å². The summed E-state index contributed by atoms with van der Waals surface area (Å²) in [5.74, 6) is -53.6. The van der Waals surface area contributed by atoms with Crippen LogP contribution in [-0.2, 0) is 26.2 Å². The molecule has 48 heavy (non-hydrogen) atoms. The number of piperazine rings is 1. The predicted octanol–water partition coefficient (Wildman–Crippen LogP) is 5.05. The van der Waals surface area contributed by atoms with Gasteiger partial charge in [-0.2, -0.15) is 78.9 Å². The van der Waals surface area contributed by atoms with Crippen molar-refractivity contribution in [1.82, 2.24) is 14.9 Å². The van der Waals surface area contributed by atoms with E-state index in [-0.39, 0.29) is 6.61 Å². The van der Waals surface area contributed by atoms with Gasteiger partial charge in [-0.15, -0.1) is 0 Å². The molecule has 0 radical (unpaired) electrons. The molecule has 0 bridgehead atoms. The number of sulfonamides is 1. The van der Waals surface area contributed by atoms with Gasteiger partial charge in [-0.05, 0) is 5.56 Å². The number of hydrogen-bond donors (Lipinski definition) is 2. The second-order valence-corrected chi connectivity index (χ2v) is 11.7. The molecule has 2 rings (SSSR count). The van der Waals surface area contributed by atoms with Gasteiger partial charge in [0, 0.05) is 19.6 Å². The fraction of sp³-hybridized carbons (Fsp3) is 0.636. The Balaban J connectivity index is 2.31. The lowest BCUT2D eigenvalue weighted by Crippen LogP contribution is -2.75. The number of hydrogen-bond acceptors (Lipinski definition) is 6. The van der Waals surface area contributed by atoms with Crippen LogP contribution in [0.25, 0.3) is 0 Å². The van der Waals surface area contributed by atoms with Crippen LogP contribution in [0.2, 0.25) is 0 Å². The SMILES string of the molecule is O=C(NCC(=O)C1CN(S(=O)(=O)C(F)(F)C(F)(F)C(F)(F)C(F)(F)C(F)(F)C(F)(F)C(F)(F)C(F)(F)F)CCN1)OCc1ccccc1. The Labute approximate surface area is 256 Å². The number of carbonyl (C=O) groups excluding carboxylic acids is 2. The summed E-state index contributed by atoms with van der Waals surface area (Å²) in [6.07, 6.45) is -9.23. The predicted molar refractivity (Wildman–Crippen MR) is 123 cm³/mol. The van der Waals surface area contributed by atoms with E-state index in [1.165, 1.54) is 12.1 Å². The summed E-state index contributed by atoms with van der Waals surface area (Å²) in [6.45, 7) is -5.66. The molecule has 0 saturated carbocycles. The molecule has 1 heterocycles. The maximum absolute atomic E-state index is 14.6. The lowest BCUT2D eigenvalue weighted by molar-refractivity contribution is -0.458. The first-order valence-electron chi connectivity index (χ1n) is 12.3. The van der Waals surface area contributed by atoms with E-state index in [9.17, 15) is 92.6 Å². The second-order valence-electron chi connectivity index (χ2n) is 9.71. The number of Topliss-reactive ketones (excluding diaryl/α,β-unsaturated/α-hetero) is 1. The average molecular weight is 759 g/mol. The van der Waals surface area contributed by atoms with E-state index < -0.39 is 105 Å². The lowest BCUT2D eigenvalue weighted by Gasteiger charge is -2.43. The zero-order valence-electron chi connectivity index (χ0n) is 22.8. The molecule has 0 spiro atoms. The minimum atomic E-state index is -8.95. The Kier molecular flexibility index (Phi) is 11.1. The largest absolute Gasteiger partial charge is 0.460 e. The zero-order chi connectivity index (χ0) is 37.6. The highest BCUT2D eigenvalue weighted by Gasteiger charge is 2.96. The number of halogens is 17. The molecule has 1 unspecified atom stereocenters. The van der Waals surface area contributed by atoms with Gasteiger partial charge in [-0.1, -0.05) is 30.3 Å². The van der Waals surface area contributed by atoms with Crippen molar-refractivity contribution in [2.45, 2.75) is 59.6 Å². The number of rotatable bonds is 13. The van der Waals surface area contributed by atoms with Gasteiger partial charge in [0.15, 0.2) is 5.78 Å².